The fourth-order valence-electron chi connectivity index (χ4n) is 2.78. The van der Waals surface area contributed by atoms with Gasteiger partial charge in [0.15, 0.2) is 0 Å². The van der Waals surface area contributed by atoms with Crippen LogP contribution in [-0.4, -0.2) is 29.7 Å². The van der Waals surface area contributed by atoms with Crippen molar-refractivity contribution in [3.8, 4) is 5.75 Å². The van der Waals surface area contributed by atoms with Crippen LogP contribution in [0.25, 0.3) is 0 Å². The highest BCUT2D eigenvalue weighted by Gasteiger charge is 2.31. The summed E-state index contributed by atoms with van der Waals surface area (Å²) in [7, 11) is 0. The first kappa shape index (κ1) is 17.8. The topological polar surface area (TPSA) is 38.2 Å². The first-order chi connectivity index (χ1) is 11.9. The van der Waals surface area contributed by atoms with Crippen LogP contribution >= 0.6 is 11.6 Å². The number of nitrogens with zero attached hydrogens (tertiary/aromatic N) is 3. The summed E-state index contributed by atoms with van der Waals surface area (Å²) in [6.07, 6.45) is 1.63. The summed E-state index contributed by atoms with van der Waals surface area (Å²) in [6.45, 7) is 1.81. The molecule has 1 aliphatic heterocycles. The minimum absolute atomic E-state index is 0.325. The molecule has 0 aromatic carbocycles. The van der Waals surface area contributed by atoms with E-state index in [0.717, 1.165) is 25.0 Å². The van der Waals surface area contributed by atoms with E-state index >= 15 is 0 Å². The Morgan fingerprint density at radius 2 is 1.96 bits per heavy atom. The smallest absolute Gasteiger partial charge is 0.416 e. The lowest BCUT2D eigenvalue weighted by Crippen LogP contribution is -2.36. The molecule has 1 saturated heterocycles. The molecule has 8 heteroatoms. The summed E-state index contributed by atoms with van der Waals surface area (Å²) in [5.74, 6) is 1.29. The van der Waals surface area contributed by atoms with Gasteiger partial charge in [-0.1, -0.05) is 11.6 Å². The second-order valence-electron chi connectivity index (χ2n) is 5.95. The molecule has 134 valence electrons. The van der Waals surface area contributed by atoms with Gasteiger partial charge in [0.1, 0.15) is 16.6 Å². The molecule has 0 N–H and O–H groups in total. The third kappa shape index (κ3) is 4.54. The van der Waals surface area contributed by atoms with Gasteiger partial charge in [0.25, 0.3) is 0 Å². The minimum Gasteiger partial charge on any atom is -0.492 e. The van der Waals surface area contributed by atoms with Gasteiger partial charge in [0.05, 0.1) is 12.2 Å². The molecule has 25 heavy (non-hydrogen) atoms. The van der Waals surface area contributed by atoms with Crippen LogP contribution in [0, 0.1) is 5.92 Å². The van der Waals surface area contributed by atoms with Crippen molar-refractivity contribution in [3.05, 3.63) is 47.4 Å². The number of alkyl halides is 3. The largest absolute Gasteiger partial charge is 0.492 e. The summed E-state index contributed by atoms with van der Waals surface area (Å²) < 4.78 is 44.2. The van der Waals surface area contributed by atoms with Crippen LogP contribution in [0.15, 0.2) is 36.8 Å². The van der Waals surface area contributed by atoms with Crippen molar-refractivity contribution in [2.75, 3.05) is 24.6 Å². The molecule has 0 radical (unpaired) electrons. The van der Waals surface area contributed by atoms with Gasteiger partial charge in [0, 0.05) is 37.7 Å². The molecule has 0 saturated carbocycles. The van der Waals surface area contributed by atoms with Crippen molar-refractivity contribution in [2.24, 2.45) is 5.92 Å². The van der Waals surface area contributed by atoms with Crippen molar-refractivity contribution in [2.45, 2.75) is 19.0 Å². The van der Waals surface area contributed by atoms with Crippen LogP contribution in [0.5, 0.6) is 5.75 Å². The second-order valence-corrected chi connectivity index (χ2v) is 6.36. The quantitative estimate of drug-likeness (QED) is 0.796. The number of anilines is 1. The lowest BCUT2D eigenvalue weighted by atomic mass is 9.97. The molecular formula is C17H17ClF3N3O. The summed E-state index contributed by atoms with van der Waals surface area (Å²) >= 11 is 6.00. The van der Waals surface area contributed by atoms with Crippen molar-refractivity contribution in [1.29, 1.82) is 0 Å². The Bertz CT molecular complexity index is 718. The van der Waals surface area contributed by atoms with Gasteiger partial charge in [-0.3, -0.25) is 4.98 Å². The molecule has 0 unspecified atom stereocenters. The molecule has 1 aliphatic rings. The highest BCUT2D eigenvalue weighted by Crippen LogP contribution is 2.32. The molecule has 0 bridgehead atoms. The summed E-state index contributed by atoms with van der Waals surface area (Å²) in [5, 5.41) is 0.466. The third-order valence-corrected chi connectivity index (χ3v) is 4.50. The number of pyridine rings is 2. The predicted octanol–water partition coefficient (Wildman–Crippen LogP) is 4.44. The zero-order valence-corrected chi connectivity index (χ0v) is 14.1. The first-order valence-electron chi connectivity index (χ1n) is 7.94. The van der Waals surface area contributed by atoms with Crippen LogP contribution < -0.4 is 9.64 Å². The van der Waals surface area contributed by atoms with E-state index in [1.54, 1.807) is 12.3 Å². The standard InChI is InChI=1S/C17H17ClF3N3O/c18-14-10-22-5-2-15(14)25-11-12-3-7-24(8-4-12)16-9-13(1-6-23-16)17(19,20)21/h1-2,5-6,9-10,12H,3-4,7-8,11H2. The van der Waals surface area contributed by atoms with Crippen LogP contribution in [0.1, 0.15) is 18.4 Å². The molecule has 4 nitrogen and oxygen atoms in total. The van der Waals surface area contributed by atoms with Gasteiger partial charge in [-0.05, 0) is 30.9 Å². The molecule has 2 aromatic heterocycles. The van der Waals surface area contributed by atoms with E-state index in [1.807, 2.05) is 4.90 Å². The van der Waals surface area contributed by atoms with Gasteiger partial charge < -0.3 is 9.64 Å². The van der Waals surface area contributed by atoms with Gasteiger partial charge >= 0.3 is 6.18 Å². The molecule has 0 amide bonds. The van der Waals surface area contributed by atoms with Crippen molar-refractivity contribution >= 4 is 17.4 Å². The number of halogens is 4. The first-order valence-corrected chi connectivity index (χ1v) is 8.32. The predicted molar refractivity (Wildman–Crippen MR) is 88.9 cm³/mol. The van der Waals surface area contributed by atoms with E-state index in [4.69, 9.17) is 16.3 Å². The molecule has 0 atom stereocenters. The van der Waals surface area contributed by atoms with Crippen molar-refractivity contribution < 1.29 is 17.9 Å². The SMILES string of the molecule is FC(F)(F)c1ccnc(N2CCC(COc3ccncc3Cl)CC2)c1. The van der Waals surface area contributed by atoms with E-state index in [9.17, 15) is 13.2 Å². The maximum absolute atomic E-state index is 12.8. The second kappa shape index (κ2) is 7.47. The van der Waals surface area contributed by atoms with Gasteiger partial charge in [-0.2, -0.15) is 13.2 Å². The van der Waals surface area contributed by atoms with Gasteiger partial charge in [0.2, 0.25) is 0 Å². The Morgan fingerprint density at radius 1 is 1.20 bits per heavy atom. The third-order valence-electron chi connectivity index (χ3n) is 4.22. The van der Waals surface area contributed by atoms with Crippen LogP contribution in [0.4, 0.5) is 19.0 Å². The highest BCUT2D eigenvalue weighted by atomic mass is 35.5. The van der Waals surface area contributed by atoms with E-state index < -0.39 is 11.7 Å². The Kier molecular flexibility index (Phi) is 5.32. The zero-order chi connectivity index (χ0) is 17.9. The maximum Gasteiger partial charge on any atom is 0.416 e. The lowest BCUT2D eigenvalue weighted by molar-refractivity contribution is -0.137. The van der Waals surface area contributed by atoms with Crippen LogP contribution in [0.3, 0.4) is 0 Å². The van der Waals surface area contributed by atoms with Gasteiger partial charge in [-0.25, -0.2) is 4.98 Å². The highest BCUT2D eigenvalue weighted by molar-refractivity contribution is 6.31. The average Bonchev–Trinajstić information content (AvgIpc) is 2.61. The zero-order valence-electron chi connectivity index (χ0n) is 13.3. The molecule has 0 spiro atoms. The van der Waals surface area contributed by atoms with E-state index in [2.05, 4.69) is 9.97 Å². The molecule has 3 heterocycles. The summed E-state index contributed by atoms with van der Waals surface area (Å²) in [6, 6.07) is 3.81. The fraction of sp³-hybridized carbons (Fsp3) is 0.412. The molecule has 1 fully saturated rings. The molecule has 3 rings (SSSR count). The Labute approximate surface area is 148 Å². The van der Waals surface area contributed by atoms with Crippen LogP contribution in [-0.2, 0) is 6.18 Å². The number of hydrogen-bond donors (Lipinski definition) is 0. The number of piperidine rings is 1. The van der Waals surface area contributed by atoms with Crippen molar-refractivity contribution in [3.63, 3.8) is 0 Å². The number of rotatable bonds is 4. The fourth-order valence-corrected chi connectivity index (χ4v) is 2.96. The van der Waals surface area contributed by atoms with Gasteiger partial charge in [-0.15, -0.1) is 0 Å². The van der Waals surface area contributed by atoms with E-state index in [1.165, 1.54) is 12.4 Å². The minimum atomic E-state index is -4.35. The Morgan fingerprint density at radius 3 is 2.64 bits per heavy atom. The normalized spacial score (nSPS) is 16.1. The average molecular weight is 372 g/mol. The van der Waals surface area contributed by atoms with Crippen LogP contribution in [0.2, 0.25) is 5.02 Å². The van der Waals surface area contributed by atoms with Crippen molar-refractivity contribution in [1.82, 2.24) is 9.97 Å². The monoisotopic (exact) mass is 371 g/mol. The lowest BCUT2D eigenvalue weighted by Gasteiger charge is -2.33. The van der Waals surface area contributed by atoms with E-state index in [-0.39, 0.29) is 0 Å². The number of aromatic nitrogens is 2. The number of hydrogen-bond acceptors (Lipinski definition) is 4. The molecule has 2 aromatic rings. The Hall–Kier alpha value is -2.02. The summed E-state index contributed by atoms with van der Waals surface area (Å²) in [5.41, 5.74) is -0.671. The maximum atomic E-state index is 12.8. The molecular weight excluding hydrogens is 355 g/mol. The van der Waals surface area contributed by atoms with E-state index in [0.29, 0.717) is 42.2 Å². The number of ether oxygens (including phenoxy) is 1. The summed E-state index contributed by atoms with van der Waals surface area (Å²) in [4.78, 5) is 9.86. The molecule has 0 aliphatic carbocycles. The Balaban J connectivity index is 1.55.